The van der Waals surface area contributed by atoms with E-state index in [4.69, 9.17) is 12.2 Å². The highest BCUT2D eigenvalue weighted by Gasteiger charge is 1.89. The summed E-state index contributed by atoms with van der Waals surface area (Å²) in [5, 5.41) is 6.52. The lowest BCUT2D eigenvalue weighted by Gasteiger charge is -1.90. The van der Waals surface area contributed by atoms with Crippen molar-refractivity contribution in [1.29, 1.82) is 0 Å². The molecule has 50 valence electrons. The largest absolute Gasteiger partial charge is 0.291 e. The average Bonchev–Trinajstić information content (AvgIpc) is 2.36. The maximum Gasteiger partial charge on any atom is 0.198 e. The molecule has 2 heterocycles. The summed E-state index contributed by atoms with van der Waals surface area (Å²) in [5.41, 5.74) is 1.02. The summed E-state index contributed by atoms with van der Waals surface area (Å²) >= 11 is 4.95. The number of aromatic amines is 1. The molecule has 4 heteroatoms. The van der Waals surface area contributed by atoms with Gasteiger partial charge in [0.05, 0.1) is 11.7 Å². The van der Waals surface area contributed by atoms with Crippen molar-refractivity contribution in [2.24, 2.45) is 0 Å². The molecule has 10 heavy (non-hydrogen) atoms. The first-order valence-corrected chi connectivity index (χ1v) is 3.29. The molecule has 0 fully saturated rings. The van der Waals surface area contributed by atoms with Crippen LogP contribution in [0, 0.1) is 4.77 Å². The van der Waals surface area contributed by atoms with Crippen LogP contribution in [0.15, 0.2) is 24.5 Å². The molecule has 0 aliphatic carbocycles. The smallest absolute Gasteiger partial charge is 0.198 e. The van der Waals surface area contributed by atoms with Gasteiger partial charge in [0.15, 0.2) is 4.77 Å². The van der Waals surface area contributed by atoms with Crippen molar-refractivity contribution in [3.63, 3.8) is 0 Å². The molecule has 0 aromatic carbocycles. The van der Waals surface area contributed by atoms with E-state index in [1.807, 2.05) is 22.7 Å². The highest BCUT2D eigenvalue weighted by molar-refractivity contribution is 7.71. The van der Waals surface area contributed by atoms with E-state index in [1.165, 1.54) is 0 Å². The Kier molecular flexibility index (Phi) is 1.07. The van der Waals surface area contributed by atoms with Gasteiger partial charge in [0.25, 0.3) is 0 Å². The van der Waals surface area contributed by atoms with Crippen molar-refractivity contribution in [1.82, 2.24) is 14.6 Å². The number of rotatable bonds is 0. The standard InChI is InChI=1S/C6H5N3S/c10-6-8-7-4-5-2-1-3-9(5)6/h1-4H,(H,8,10). The van der Waals surface area contributed by atoms with E-state index in [2.05, 4.69) is 10.2 Å². The maximum atomic E-state index is 4.95. The molecule has 0 atom stereocenters. The van der Waals surface area contributed by atoms with E-state index in [1.54, 1.807) is 6.20 Å². The Balaban J connectivity index is 3.09. The minimum absolute atomic E-state index is 0.627. The molecular weight excluding hydrogens is 146 g/mol. The molecule has 2 aromatic rings. The number of hydrogen-bond acceptors (Lipinski definition) is 2. The average molecular weight is 151 g/mol. The Labute approximate surface area is 62.3 Å². The second-order valence-electron chi connectivity index (χ2n) is 1.98. The fraction of sp³-hybridized carbons (Fsp3) is 0. The van der Waals surface area contributed by atoms with Gasteiger partial charge < -0.3 is 0 Å². The van der Waals surface area contributed by atoms with Gasteiger partial charge in [-0.05, 0) is 24.4 Å². The van der Waals surface area contributed by atoms with E-state index in [9.17, 15) is 0 Å². The first-order valence-electron chi connectivity index (χ1n) is 2.89. The summed E-state index contributed by atoms with van der Waals surface area (Å²) in [5.74, 6) is 0. The molecule has 0 saturated heterocycles. The number of aromatic nitrogens is 3. The predicted molar refractivity (Wildman–Crippen MR) is 40.4 cm³/mol. The summed E-state index contributed by atoms with van der Waals surface area (Å²) in [6.07, 6.45) is 3.63. The molecule has 0 amide bonds. The molecule has 3 nitrogen and oxygen atoms in total. The maximum absolute atomic E-state index is 4.95. The van der Waals surface area contributed by atoms with Gasteiger partial charge in [-0.15, -0.1) is 0 Å². The van der Waals surface area contributed by atoms with Crippen LogP contribution >= 0.6 is 12.2 Å². The number of nitrogens with zero attached hydrogens (tertiary/aromatic N) is 2. The number of hydrogen-bond donors (Lipinski definition) is 1. The summed E-state index contributed by atoms with van der Waals surface area (Å²) in [6.45, 7) is 0. The van der Waals surface area contributed by atoms with Crippen molar-refractivity contribution < 1.29 is 0 Å². The number of nitrogens with one attached hydrogen (secondary N) is 1. The predicted octanol–water partition coefficient (Wildman–Crippen LogP) is 1.39. The van der Waals surface area contributed by atoms with E-state index in [0.717, 1.165) is 5.52 Å². The van der Waals surface area contributed by atoms with Crippen LogP contribution in [0.25, 0.3) is 5.52 Å². The Bertz CT molecular complexity index is 400. The summed E-state index contributed by atoms with van der Waals surface area (Å²) in [4.78, 5) is 0. The third kappa shape index (κ3) is 0.657. The quantitative estimate of drug-likeness (QED) is 0.577. The zero-order chi connectivity index (χ0) is 6.97. The fourth-order valence-electron chi connectivity index (χ4n) is 0.892. The van der Waals surface area contributed by atoms with Crippen molar-refractivity contribution in [2.45, 2.75) is 0 Å². The van der Waals surface area contributed by atoms with Crippen LogP contribution in [-0.4, -0.2) is 14.6 Å². The zero-order valence-electron chi connectivity index (χ0n) is 5.11. The highest BCUT2D eigenvalue weighted by Crippen LogP contribution is 1.99. The zero-order valence-corrected chi connectivity index (χ0v) is 5.93. The molecule has 0 aliphatic rings. The van der Waals surface area contributed by atoms with Gasteiger partial charge in [0, 0.05) is 6.20 Å². The third-order valence-corrected chi connectivity index (χ3v) is 1.64. The normalized spacial score (nSPS) is 10.4. The highest BCUT2D eigenvalue weighted by atomic mass is 32.1. The van der Waals surface area contributed by atoms with Crippen LogP contribution < -0.4 is 0 Å². The van der Waals surface area contributed by atoms with Gasteiger partial charge >= 0.3 is 0 Å². The van der Waals surface area contributed by atoms with E-state index < -0.39 is 0 Å². The van der Waals surface area contributed by atoms with Gasteiger partial charge in [-0.25, -0.2) is 0 Å². The van der Waals surface area contributed by atoms with Crippen LogP contribution in [-0.2, 0) is 0 Å². The lowest BCUT2D eigenvalue weighted by molar-refractivity contribution is 0.928. The SMILES string of the molecule is S=c1[nH]ncc2cccn12. The molecule has 0 aliphatic heterocycles. The molecule has 2 rings (SSSR count). The van der Waals surface area contributed by atoms with Crippen LogP contribution in [0.4, 0.5) is 0 Å². The third-order valence-electron chi connectivity index (χ3n) is 1.36. The van der Waals surface area contributed by atoms with Gasteiger partial charge in [0.2, 0.25) is 0 Å². The first-order chi connectivity index (χ1) is 4.88. The minimum Gasteiger partial charge on any atom is -0.291 e. The van der Waals surface area contributed by atoms with Gasteiger partial charge in [-0.1, -0.05) is 0 Å². The molecule has 2 aromatic heterocycles. The van der Waals surface area contributed by atoms with Crippen LogP contribution in [0.2, 0.25) is 0 Å². The van der Waals surface area contributed by atoms with Gasteiger partial charge in [-0.3, -0.25) is 9.50 Å². The molecule has 0 spiro atoms. The monoisotopic (exact) mass is 151 g/mol. The van der Waals surface area contributed by atoms with Crippen LogP contribution in [0.1, 0.15) is 0 Å². The molecule has 0 unspecified atom stereocenters. The molecular formula is C6H5N3S. The molecule has 0 bridgehead atoms. The first kappa shape index (κ1) is 5.61. The van der Waals surface area contributed by atoms with Crippen molar-refractivity contribution in [3.8, 4) is 0 Å². The summed E-state index contributed by atoms with van der Waals surface area (Å²) in [7, 11) is 0. The topological polar surface area (TPSA) is 33.1 Å². The van der Waals surface area contributed by atoms with Crippen molar-refractivity contribution in [2.75, 3.05) is 0 Å². The second kappa shape index (κ2) is 1.91. The second-order valence-corrected chi connectivity index (χ2v) is 2.36. The van der Waals surface area contributed by atoms with E-state index in [-0.39, 0.29) is 0 Å². The van der Waals surface area contributed by atoms with Crippen molar-refractivity contribution >= 4 is 17.7 Å². The lowest BCUT2D eigenvalue weighted by Crippen LogP contribution is -1.89. The van der Waals surface area contributed by atoms with Gasteiger partial charge in [0.1, 0.15) is 0 Å². The van der Waals surface area contributed by atoms with Gasteiger partial charge in [-0.2, -0.15) is 5.10 Å². The summed E-state index contributed by atoms with van der Waals surface area (Å²) < 4.78 is 2.49. The molecule has 1 N–H and O–H groups in total. The van der Waals surface area contributed by atoms with Crippen LogP contribution in [0.3, 0.4) is 0 Å². The Morgan fingerprint density at radius 3 is 3.30 bits per heavy atom. The fourth-order valence-corrected chi connectivity index (χ4v) is 1.11. The van der Waals surface area contributed by atoms with E-state index >= 15 is 0 Å². The Morgan fingerprint density at radius 1 is 1.60 bits per heavy atom. The Hall–Kier alpha value is -1.16. The summed E-state index contributed by atoms with van der Waals surface area (Å²) in [6, 6.07) is 3.89. The molecule has 0 radical (unpaired) electrons. The van der Waals surface area contributed by atoms with Crippen molar-refractivity contribution in [3.05, 3.63) is 29.3 Å². The van der Waals surface area contributed by atoms with E-state index in [0.29, 0.717) is 4.77 Å². The van der Waals surface area contributed by atoms with Crippen LogP contribution in [0.5, 0.6) is 0 Å². The number of fused-ring (bicyclic) bond motifs is 1. The lowest BCUT2D eigenvalue weighted by atomic mass is 10.5. The molecule has 0 saturated carbocycles. The number of H-pyrrole nitrogens is 1. The minimum atomic E-state index is 0.627. The Morgan fingerprint density at radius 2 is 2.50 bits per heavy atom.